The Balaban J connectivity index is 1.21. The van der Waals surface area contributed by atoms with Gasteiger partial charge in [0.25, 0.3) is 0 Å². The number of aromatic nitrogens is 2. The van der Waals surface area contributed by atoms with E-state index in [1.807, 2.05) is 0 Å². The molecule has 0 aliphatic rings. The van der Waals surface area contributed by atoms with Gasteiger partial charge in [0, 0.05) is 37.9 Å². The summed E-state index contributed by atoms with van der Waals surface area (Å²) in [7, 11) is 0. The van der Waals surface area contributed by atoms with E-state index in [4.69, 9.17) is 4.42 Å². The molecule has 0 aliphatic heterocycles. The van der Waals surface area contributed by atoms with Crippen LogP contribution < -0.4 is 0 Å². The van der Waals surface area contributed by atoms with Gasteiger partial charge < -0.3 is 13.6 Å². The van der Waals surface area contributed by atoms with Crippen molar-refractivity contribution in [1.29, 1.82) is 0 Å². The number of fused-ring (bicyclic) bond motifs is 9. The zero-order valence-electron chi connectivity index (χ0n) is 24.3. The van der Waals surface area contributed by atoms with E-state index in [-0.39, 0.29) is 0 Å². The van der Waals surface area contributed by atoms with Gasteiger partial charge in [-0.3, -0.25) is 0 Å². The second-order valence-corrected chi connectivity index (χ2v) is 11.7. The molecule has 0 saturated carbocycles. The molecule has 0 atom stereocenters. The Morgan fingerprint density at radius 3 is 1.42 bits per heavy atom. The highest BCUT2D eigenvalue weighted by molar-refractivity contribution is 6.13. The Bertz CT molecular complexity index is 2670. The molecule has 0 radical (unpaired) electrons. The van der Waals surface area contributed by atoms with Crippen LogP contribution in [-0.4, -0.2) is 9.13 Å². The van der Waals surface area contributed by atoms with Crippen LogP contribution in [-0.2, 0) is 0 Å². The van der Waals surface area contributed by atoms with Crippen molar-refractivity contribution in [2.45, 2.75) is 0 Å². The molecule has 3 heteroatoms. The molecule has 45 heavy (non-hydrogen) atoms. The number of benzene rings is 7. The van der Waals surface area contributed by atoms with Gasteiger partial charge >= 0.3 is 0 Å². The maximum Gasteiger partial charge on any atom is 0.159 e. The first-order chi connectivity index (χ1) is 22.3. The zero-order chi connectivity index (χ0) is 29.5. The minimum Gasteiger partial charge on any atom is -0.454 e. The number of rotatable bonds is 3. The minimum atomic E-state index is 0.885. The lowest BCUT2D eigenvalue weighted by Gasteiger charge is -2.14. The van der Waals surface area contributed by atoms with Gasteiger partial charge in [0.1, 0.15) is 5.58 Å². The van der Waals surface area contributed by atoms with E-state index >= 15 is 0 Å². The predicted octanol–water partition coefficient (Wildman–Crippen LogP) is 11.4. The van der Waals surface area contributed by atoms with Crippen LogP contribution >= 0.6 is 0 Å². The third-order valence-corrected chi connectivity index (χ3v) is 9.33. The Labute approximate surface area is 258 Å². The van der Waals surface area contributed by atoms with Crippen LogP contribution in [0.1, 0.15) is 0 Å². The van der Waals surface area contributed by atoms with Crippen molar-refractivity contribution in [3.63, 3.8) is 0 Å². The van der Waals surface area contributed by atoms with Crippen LogP contribution in [0, 0.1) is 0 Å². The van der Waals surface area contributed by atoms with E-state index in [1.165, 1.54) is 49.2 Å². The van der Waals surface area contributed by atoms with Gasteiger partial charge in [0.15, 0.2) is 5.58 Å². The first-order valence-corrected chi connectivity index (χ1v) is 15.4. The second kappa shape index (κ2) is 9.22. The summed E-state index contributed by atoms with van der Waals surface area (Å²) >= 11 is 0. The first kappa shape index (κ1) is 24.4. The summed E-state index contributed by atoms with van der Waals surface area (Å²) < 4.78 is 11.4. The summed E-state index contributed by atoms with van der Waals surface area (Å²) in [6.07, 6.45) is 0. The smallest absolute Gasteiger partial charge is 0.159 e. The fourth-order valence-electron chi connectivity index (χ4n) is 7.40. The Kier molecular flexibility index (Phi) is 5.00. The van der Waals surface area contributed by atoms with Gasteiger partial charge in [0.2, 0.25) is 0 Å². The Morgan fingerprint density at radius 1 is 0.356 bits per heavy atom. The molecule has 0 aliphatic carbocycles. The van der Waals surface area contributed by atoms with Gasteiger partial charge in [-0.2, -0.15) is 0 Å². The largest absolute Gasteiger partial charge is 0.454 e. The molecule has 0 unspecified atom stereocenters. The van der Waals surface area contributed by atoms with Crippen molar-refractivity contribution in [1.82, 2.24) is 9.13 Å². The van der Waals surface area contributed by atoms with Crippen molar-refractivity contribution in [3.8, 4) is 22.5 Å². The highest BCUT2D eigenvalue weighted by atomic mass is 16.3. The number of furan rings is 1. The van der Waals surface area contributed by atoms with Gasteiger partial charge in [-0.05, 0) is 54.1 Å². The van der Waals surface area contributed by atoms with Gasteiger partial charge in [-0.25, -0.2) is 0 Å². The monoisotopic (exact) mass is 574 g/mol. The molecular weight excluding hydrogens is 548 g/mol. The maximum atomic E-state index is 6.69. The van der Waals surface area contributed by atoms with Crippen LogP contribution in [0.4, 0.5) is 0 Å². The summed E-state index contributed by atoms with van der Waals surface area (Å²) in [5.41, 5.74) is 11.1. The van der Waals surface area contributed by atoms with Crippen molar-refractivity contribution < 1.29 is 4.42 Å². The zero-order valence-corrected chi connectivity index (χ0v) is 24.3. The van der Waals surface area contributed by atoms with Crippen LogP contribution in [0.15, 0.2) is 162 Å². The quantitative estimate of drug-likeness (QED) is 0.206. The summed E-state index contributed by atoms with van der Waals surface area (Å²) in [5.74, 6) is 0. The molecule has 0 N–H and O–H groups in total. The van der Waals surface area contributed by atoms with E-state index in [0.29, 0.717) is 0 Å². The normalized spacial score (nSPS) is 12.0. The van der Waals surface area contributed by atoms with E-state index in [0.717, 1.165) is 38.9 Å². The van der Waals surface area contributed by atoms with Crippen molar-refractivity contribution in [3.05, 3.63) is 158 Å². The van der Waals surface area contributed by atoms with E-state index in [1.54, 1.807) is 0 Å². The average molecular weight is 575 g/mol. The minimum absolute atomic E-state index is 0.885. The molecular formula is C42H26N2O. The summed E-state index contributed by atoms with van der Waals surface area (Å²) in [4.78, 5) is 0. The SMILES string of the molecule is c1ccc(-n2c3ccccc3c3ccccc32)c(-c2ccc3oc4c(-n5c6ccccc6c6ccccc65)cccc4c3c2)c1. The molecule has 3 aromatic heterocycles. The van der Waals surface area contributed by atoms with E-state index < -0.39 is 0 Å². The molecule has 3 nitrogen and oxygen atoms in total. The first-order valence-electron chi connectivity index (χ1n) is 15.4. The lowest BCUT2D eigenvalue weighted by atomic mass is 10.0. The summed E-state index contributed by atoms with van der Waals surface area (Å²) in [6, 6.07) is 56.4. The summed E-state index contributed by atoms with van der Waals surface area (Å²) in [5, 5.41) is 7.23. The third kappa shape index (κ3) is 3.41. The lowest BCUT2D eigenvalue weighted by molar-refractivity contribution is 0.666. The van der Waals surface area contributed by atoms with Gasteiger partial charge in [-0.15, -0.1) is 0 Å². The van der Waals surface area contributed by atoms with Crippen molar-refractivity contribution in [2.24, 2.45) is 0 Å². The number of nitrogens with zero attached hydrogens (tertiary/aromatic N) is 2. The summed E-state index contributed by atoms with van der Waals surface area (Å²) in [6.45, 7) is 0. The van der Waals surface area contributed by atoms with Crippen molar-refractivity contribution >= 4 is 65.6 Å². The average Bonchev–Trinajstić information content (AvgIpc) is 3.76. The maximum absolute atomic E-state index is 6.69. The van der Waals surface area contributed by atoms with Crippen LogP contribution in [0.3, 0.4) is 0 Å². The highest BCUT2D eigenvalue weighted by Gasteiger charge is 2.19. The molecule has 0 bridgehead atoms. The van der Waals surface area contributed by atoms with Crippen LogP contribution in [0.5, 0.6) is 0 Å². The number of para-hydroxylation sites is 6. The van der Waals surface area contributed by atoms with Crippen molar-refractivity contribution in [2.75, 3.05) is 0 Å². The topological polar surface area (TPSA) is 23.0 Å². The molecule has 3 heterocycles. The molecule has 0 saturated heterocycles. The number of hydrogen-bond acceptors (Lipinski definition) is 1. The van der Waals surface area contributed by atoms with Gasteiger partial charge in [0.05, 0.1) is 33.4 Å². The highest BCUT2D eigenvalue weighted by Crippen LogP contribution is 2.41. The number of hydrogen-bond donors (Lipinski definition) is 0. The molecule has 10 rings (SSSR count). The Morgan fingerprint density at radius 2 is 0.822 bits per heavy atom. The van der Waals surface area contributed by atoms with E-state index in [9.17, 15) is 0 Å². The molecule has 7 aromatic carbocycles. The predicted molar refractivity (Wildman–Crippen MR) is 188 cm³/mol. The Hall–Kier alpha value is -6.06. The third-order valence-electron chi connectivity index (χ3n) is 9.33. The molecule has 210 valence electrons. The van der Waals surface area contributed by atoms with Crippen LogP contribution in [0.25, 0.3) is 88.1 Å². The van der Waals surface area contributed by atoms with Gasteiger partial charge in [-0.1, -0.05) is 109 Å². The fraction of sp³-hybridized carbons (Fsp3) is 0. The molecule has 0 fully saturated rings. The van der Waals surface area contributed by atoms with Crippen LogP contribution in [0.2, 0.25) is 0 Å². The lowest BCUT2D eigenvalue weighted by Crippen LogP contribution is -1.96. The van der Waals surface area contributed by atoms with E-state index in [2.05, 4.69) is 167 Å². The standard InChI is InChI=1S/C42H26N2O/c1-6-18-35(43-36-19-7-2-13-29(36)30-14-3-8-20-37(30)43)28(12-1)27-24-25-41-34(26-27)33-17-11-23-40(42(33)45-41)44-38-21-9-4-15-31(38)32-16-5-10-22-39(32)44/h1-26H. The molecule has 0 amide bonds. The fourth-order valence-corrected chi connectivity index (χ4v) is 7.40. The molecule has 10 aromatic rings. The second-order valence-electron chi connectivity index (χ2n) is 11.7. The molecule has 0 spiro atoms.